The highest BCUT2D eigenvalue weighted by Crippen LogP contribution is 2.39. The lowest BCUT2D eigenvalue weighted by Crippen LogP contribution is -2.56. The van der Waals surface area contributed by atoms with E-state index in [9.17, 15) is 0 Å². The molecule has 0 radical (unpaired) electrons. The number of nitrogens with one attached hydrogen (secondary N) is 1. The van der Waals surface area contributed by atoms with E-state index in [0.717, 1.165) is 6.54 Å². The van der Waals surface area contributed by atoms with Crippen LogP contribution in [0, 0.1) is 5.41 Å². The molecule has 0 aromatic carbocycles. The lowest BCUT2D eigenvalue weighted by molar-refractivity contribution is -0.0146. The molecule has 1 rings (SSSR count). The van der Waals surface area contributed by atoms with E-state index in [1.54, 1.807) is 0 Å². The van der Waals surface area contributed by atoms with Crippen molar-refractivity contribution in [3.05, 3.63) is 0 Å². The Balaban J connectivity index is 2.18. The molecule has 0 atom stereocenters. The van der Waals surface area contributed by atoms with Crippen molar-refractivity contribution < 1.29 is 0 Å². The Hall–Kier alpha value is -0.0800. The highest BCUT2D eigenvalue weighted by Gasteiger charge is 2.40. The Kier molecular flexibility index (Phi) is 5.62. The van der Waals surface area contributed by atoms with E-state index in [4.69, 9.17) is 0 Å². The Morgan fingerprint density at radius 1 is 1.13 bits per heavy atom. The van der Waals surface area contributed by atoms with Crippen molar-refractivity contribution in [1.29, 1.82) is 0 Å². The van der Waals surface area contributed by atoms with Crippen LogP contribution < -0.4 is 5.32 Å². The van der Waals surface area contributed by atoms with Gasteiger partial charge in [-0.05, 0) is 44.8 Å². The minimum atomic E-state index is 0.698. The van der Waals surface area contributed by atoms with Gasteiger partial charge < -0.3 is 10.2 Å². The van der Waals surface area contributed by atoms with Crippen LogP contribution in [0.15, 0.2) is 0 Å². The lowest BCUT2D eigenvalue weighted by atomic mass is 9.72. The maximum Gasteiger partial charge on any atom is 0.00505 e. The van der Waals surface area contributed by atoms with E-state index >= 15 is 0 Å². The lowest BCUT2D eigenvalue weighted by Gasteiger charge is -2.51. The van der Waals surface area contributed by atoms with Gasteiger partial charge in [0.25, 0.3) is 0 Å². The van der Waals surface area contributed by atoms with Crippen LogP contribution in [-0.2, 0) is 0 Å². The molecule has 0 spiro atoms. The summed E-state index contributed by atoms with van der Waals surface area (Å²) in [6.07, 6.45) is 6.87. The number of hydrogen-bond acceptors (Lipinski definition) is 2. The second-order valence-corrected chi connectivity index (χ2v) is 5.17. The highest BCUT2D eigenvalue weighted by atomic mass is 15.2. The molecular weight excluding hydrogens is 184 g/mol. The smallest absolute Gasteiger partial charge is 0.00505 e. The first-order valence-electron chi connectivity index (χ1n) is 6.63. The molecule has 0 bridgehead atoms. The molecule has 1 aliphatic rings. The van der Waals surface area contributed by atoms with E-state index in [1.807, 2.05) is 7.05 Å². The zero-order valence-corrected chi connectivity index (χ0v) is 10.8. The van der Waals surface area contributed by atoms with Crippen molar-refractivity contribution in [3.8, 4) is 0 Å². The second kappa shape index (κ2) is 6.49. The third-order valence-electron chi connectivity index (χ3n) is 3.58. The Morgan fingerprint density at radius 2 is 1.73 bits per heavy atom. The maximum absolute atomic E-state index is 3.22. The largest absolute Gasteiger partial charge is 0.320 e. The van der Waals surface area contributed by atoms with Crippen molar-refractivity contribution in [1.82, 2.24) is 10.2 Å². The molecule has 90 valence electrons. The minimum Gasteiger partial charge on any atom is -0.320 e. The van der Waals surface area contributed by atoms with Crippen LogP contribution in [0.4, 0.5) is 0 Å². The molecule has 0 aromatic rings. The van der Waals surface area contributed by atoms with Gasteiger partial charge in [0.1, 0.15) is 0 Å². The molecule has 0 aromatic heterocycles. The van der Waals surface area contributed by atoms with Gasteiger partial charge in [-0.2, -0.15) is 0 Å². The van der Waals surface area contributed by atoms with Gasteiger partial charge in [-0.1, -0.05) is 26.7 Å². The summed E-state index contributed by atoms with van der Waals surface area (Å²) in [6, 6.07) is 0. The Morgan fingerprint density at radius 3 is 2.20 bits per heavy atom. The Bertz CT molecular complexity index is 154. The quantitative estimate of drug-likeness (QED) is 0.622. The maximum atomic E-state index is 3.22. The third kappa shape index (κ3) is 3.76. The summed E-state index contributed by atoms with van der Waals surface area (Å²) in [5.74, 6) is 0. The molecular formula is C13H28N2. The minimum absolute atomic E-state index is 0.698. The average Bonchev–Trinajstić information content (AvgIpc) is 2.16. The zero-order chi connectivity index (χ0) is 11.1. The van der Waals surface area contributed by atoms with Crippen molar-refractivity contribution in [2.75, 3.05) is 33.2 Å². The average molecular weight is 212 g/mol. The molecule has 15 heavy (non-hydrogen) atoms. The van der Waals surface area contributed by atoms with Crippen LogP contribution in [0.5, 0.6) is 0 Å². The molecule has 0 saturated carbocycles. The summed E-state index contributed by atoms with van der Waals surface area (Å²) in [7, 11) is 2.04. The van der Waals surface area contributed by atoms with Crippen LogP contribution >= 0.6 is 0 Å². The summed E-state index contributed by atoms with van der Waals surface area (Å²) >= 11 is 0. The Labute approximate surface area is 95.4 Å². The fraction of sp³-hybridized carbons (Fsp3) is 1.00. The fourth-order valence-electron chi connectivity index (χ4n) is 3.04. The predicted octanol–water partition coefficient (Wildman–Crippen LogP) is 2.50. The van der Waals surface area contributed by atoms with E-state index < -0.39 is 0 Å². The molecule has 0 unspecified atom stereocenters. The summed E-state index contributed by atoms with van der Waals surface area (Å²) in [4.78, 5) is 2.63. The van der Waals surface area contributed by atoms with Gasteiger partial charge in [0.15, 0.2) is 0 Å². The van der Waals surface area contributed by atoms with E-state index in [1.165, 1.54) is 51.7 Å². The molecule has 2 heteroatoms. The van der Waals surface area contributed by atoms with Gasteiger partial charge in [-0.25, -0.2) is 0 Å². The summed E-state index contributed by atoms with van der Waals surface area (Å²) in [5, 5.41) is 3.22. The topological polar surface area (TPSA) is 15.3 Å². The van der Waals surface area contributed by atoms with Crippen LogP contribution in [0.2, 0.25) is 0 Å². The molecule has 0 amide bonds. The summed E-state index contributed by atoms with van der Waals surface area (Å²) in [6.45, 7) is 9.81. The van der Waals surface area contributed by atoms with Crippen molar-refractivity contribution >= 4 is 0 Å². The van der Waals surface area contributed by atoms with Gasteiger partial charge in [0.2, 0.25) is 0 Å². The third-order valence-corrected chi connectivity index (χ3v) is 3.58. The van der Waals surface area contributed by atoms with Gasteiger partial charge in [0.05, 0.1) is 0 Å². The number of nitrogens with zero attached hydrogens (tertiary/aromatic N) is 1. The molecule has 1 heterocycles. The van der Waals surface area contributed by atoms with Crippen LogP contribution in [-0.4, -0.2) is 38.1 Å². The van der Waals surface area contributed by atoms with Gasteiger partial charge in [-0.3, -0.25) is 0 Å². The van der Waals surface area contributed by atoms with Crippen molar-refractivity contribution in [2.24, 2.45) is 5.41 Å². The molecule has 1 saturated heterocycles. The zero-order valence-electron chi connectivity index (χ0n) is 10.8. The SMILES string of the molecule is CCCC1(CCC)CN(CCCNC)C1. The fourth-order valence-corrected chi connectivity index (χ4v) is 3.04. The molecule has 0 aliphatic carbocycles. The molecule has 1 fully saturated rings. The first-order valence-corrected chi connectivity index (χ1v) is 6.63. The van der Waals surface area contributed by atoms with Crippen molar-refractivity contribution in [2.45, 2.75) is 46.0 Å². The van der Waals surface area contributed by atoms with E-state index in [2.05, 4.69) is 24.1 Å². The first-order chi connectivity index (χ1) is 7.26. The van der Waals surface area contributed by atoms with E-state index in [0.29, 0.717) is 5.41 Å². The standard InChI is InChI=1S/C13H28N2/c1-4-7-13(8-5-2)11-15(12-13)10-6-9-14-3/h14H,4-12H2,1-3H3. The number of rotatable bonds is 8. The van der Waals surface area contributed by atoms with Crippen LogP contribution in [0.25, 0.3) is 0 Å². The normalized spacial score (nSPS) is 20.2. The van der Waals surface area contributed by atoms with Gasteiger partial charge in [-0.15, -0.1) is 0 Å². The van der Waals surface area contributed by atoms with Crippen molar-refractivity contribution in [3.63, 3.8) is 0 Å². The number of likely N-dealkylation sites (tertiary alicyclic amines) is 1. The monoisotopic (exact) mass is 212 g/mol. The molecule has 1 aliphatic heterocycles. The van der Waals surface area contributed by atoms with Gasteiger partial charge >= 0.3 is 0 Å². The van der Waals surface area contributed by atoms with E-state index in [-0.39, 0.29) is 0 Å². The summed E-state index contributed by atoms with van der Waals surface area (Å²) in [5.41, 5.74) is 0.698. The number of hydrogen-bond donors (Lipinski definition) is 1. The summed E-state index contributed by atoms with van der Waals surface area (Å²) < 4.78 is 0. The molecule has 2 nitrogen and oxygen atoms in total. The second-order valence-electron chi connectivity index (χ2n) is 5.17. The van der Waals surface area contributed by atoms with Crippen LogP contribution in [0.1, 0.15) is 46.0 Å². The predicted molar refractivity (Wildman–Crippen MR) is 67.2 cm³/mol. The van der Waals surface area contributed by atoms with Gasteiger partial charge in [0, 0.05) is 13.1 Å². The highest BCUT2D eigenvalue weighted by molar-refractivity contribution is 4.94. The molecule has 1 N–H and O–H groups in total. The first kappa shape index (κ1) is 13.0. The van der Waals surface area contributed by atoms with Crippen LogP contribution in [0.3, 0.4) is 0 Å².